The van der Waals surface area contributed by atoms with E-state index in [0.29, 0.717) is 0 Å². The minimum absolute atomic E-state index is 0.996. The fourth-order valence-corrected chi connectivity index (χ4v) is 4.87. The van der Waals surface area contributed by atoms with Gasteiger partial charge in [-0.15, -0.1) is 0 Å². The van der Waals surface area contributed by atoms with E-state index in [1.807, 2.05) is 0 Å². The molecule has 4 aliphatic rings. The quantitative estimate of drug-likeness (QED) is 0.821. The number of hydrogen-bond donors (Lipinski definition) is 0. The van der Waals surface area contributed by atoms with Gasteiger partial charge in [0, 0.05) is 70.2 Å². The van der Waals surface area contributed by atoms with Crippen molar-refractivity contribution in [2.45, 2.75) is 25.8 Å². The maximum atomic E-state index is 4.96. The number of aromatic nitrogens is 2. The van der Waals surface area contributed by atoms with E-state index in [-0.39, 0.29) is 0 Å². The molecule has 2 aliphatic heterocycles. The molecule has 6 rings (SSSR count). The smallest absolute Gasteiger partial charge is 0.111 e. The van der Waals surface area contributed by atoms with Crippen LogP contribution in [0.5, 0.6) is 0 Å². The number of rotatable bonds is 4. The maximum Gasteiger partial charge on any atom is 0.111 e. The second kappa shape index (κ2) is 6.66. The van der Waals surface area contributed by atoms with Crippen LogP contribution in [0.15, 0.2) is 42.1 Å². The summed E-state index contributed by atoms with van der Waals surface area (Å²) in [4.78, 5) is 12.7. The first-order valence-electron chi connectivity index (χ1n) is 10.9. The van der Waals surface area contributed by atoms with Crippen LogP contribution in [0.2, 0.25) is 0 Å². The number of imidazole rings is 1. The molecule has 2 aliphatic carbocycles. The van der Waals surface area contributed by atoms with Crippen molar-refractivity contribution in [2.75, 3.05) is 50.7 Å². The van der Waals surface area contributed by atoms with Gasteiger partial charge in [0.15, 0.2) is 0 Å². The molecular formula is C23H29N5. The highest BCUT2D eigenvalue weighted by Gasteiger charge is 2.27. The van der Waals surface area contributed by atoms with Crippen molar-refractivity contribution in [2.24, 2.45) is 5.92 Å². The van der Waals surface area contributed by atoms with Crippen LogP contribution in [0.4, 0.5) is 5.69 Å². The predicted octanol–water partition coefficient (Wildman–Crippen LogP) is 2.88. The summed E-state index contributed by atoms with van der Waals surface area (Å²) in [7, 11) is 0. The number of anilines is 1. The van der Waals surface area contributed by atoms with Gasteiger partial charge >= 0.3 is 0 Å². The van der Waals surface area contributed by atoms with Crippen molar-refractivity contribution >= 4 is 16.7 Å². The van der Waals surface area contributed by atoms with Crippen molar-refractivity contribution in [1.29, 1.82) is 0 Å². The summed E-state index contributed by atoms with van der Waals surface area (Å²) in [6.45, 7) is 9.18. The molecule has 1 saturated carbocycles. The standard InChI is InChI=1S/C23H29N5/c1-2-19(3-1)26-9-8-23-24-21-7-6-20(16-22(21)28(23)15-14-26)27-12-10-25(11-13-27)17-18-4-5-18/h1-3,6-7,16,18H,4-5,8-15,17H2. The molecule has 1 saturated heterocycles. The lowest BCUT2D eigenvalue weighted by atomic mass is 10.2. The van der Waals surface area contributed by atoms with E-state index in [0.717, 1.165) is 50.6 Å². The predicted molar refractivity (Wildman–Crippen MR) is 114 cm³/mol. The van der Waals surface area contributed by atoms with E-state index in [9.17, 15) is 0 Å². The Labute approximate surface area is 166 Å². The Bertz CT molecular complexity index is 943. The minimum Gasteiger partial charge on any atom is -0.369 e. The van der Waals surface area contributed by atoms with E-state index in [2.05, 4.69) is 55.7 Å². The summed E-state index contributed by atoms with van der Waals surface area (Å²) in [5.41, 5.74) is 5.21. The van der Waals surface area contributed by atoms with E-state index >= 15 is 0 Å². The van der Waals surface area contributed by atoms with Crippen molar-refractivity contribution in [3.05, 3.63) is 47.9 Å². The Kier molecular flexibility index (Phi) is 3.96. The van der Waals surface area contributed by atoms with Crippen molar-refractivity contribution in [1.82, 2.24) is 19.4 Å². The first kappa shape index (κ1) is 16.7. The Morgan fingerprint density at radius 3 is 2.50 bits per heavy atom. The molecule has 0 atom stereocenters. The second-order valence-electron chi connectivity index (χ2n) is 8.77. The van der Waals surface area contributed by atoms with Crippen LogP contribution in [0.3, 0.4) is 0 Å². The zero-order valence-electron chi connectivity index (χ0n) is 16.6. The fraction of sp³-hybridized carbons (Fsp3) is 0.522. The average molecular weight is 376 g/mol. The third kappa shape index (κ3) is 3.02. The topological polar surface area (TPSA) is 27.5 Å². The van der Waals surface area contributed by atoms with Gasteiger partial charge in [0.25, 0.3) is 0 Å². The molecule has 28 heavy (non-hydrogen) atoms. The molecular weight excluding hydrogens is 346 g/mol. The molecule has 5 heteroatoms. The zero-order chi connectivity index (χ0) is 18.5. The van der Waals surface area contributed by atoms with Gasteiger partial charge in [-0.1, -0.05) is 6.08 Å². The molecule has 1 aromatic carbocycles. The minimum atomic E-state index is 0.996. The van der Waals surface area contributed by atoms with Gasteiger partial charge in [-0.3, -0.25) is 4.90 Å². The fourth-order valence-electron chi connectivity index (χ4n) is 4.87. The zero-order valence-corrected chi connectivity index (χ0v) is 16.6. The summed E-state index contributed by atoms with van der Waals surface area (Å²) in [6.07, 6.45) is 10.5. The van der Waals surface area contributed by atoms with Crippen LogP contribution >= 0.6 is 0 Å². The van der Waals surface area contributed by atoms with Crippen LogP contribution < -0.4 is 4.90 Å². The summed E-state index contributed by atoms with van der Waals surface area (Å²) < 4.78 is 2.46. The summed E-state index contributed by atoms with van der Waals surface area (Å²) >= 11 is 0. The molecule has 5 nitrogen and oxygen atoms in total. The van der Waals surface area contributed by atoms with E-state index < -0.39 is 0 Å². The molecule has 0 radical (unpaired) electrons. The third-order valence-corrected chi connectivity index (χ3v) is 6.86. The number of fused-ring (bicyclic) bond motifs is 3. The largest absolute Gasteiger partial charge is 0.369 e. The molecule has 0 amide bonds. The normalized spacial score (nSPS) is 22.8. The molecule has 2 aromatic rings. The maximum absolute atomic E-state index is 4.96. The first-order chi connectivity index (χ1) is 13.8. The molecule has 1 aromatic heterocycles. The van der Waals surface area contributed by atoms with Crippen LogP contribution in [-0.4, -0.2) is 65.2 Å². The van der Waals surface area contributed by atoms with Crippen LogP contribution in [-0.2, 0) is 13.0 Å². The molecule has 0 spiro atoms. The monoisotopic (exact) mass is 375 g/mol. The lowest BCUT2D eigenvalue weighted by molar-refractivity contribution is 0.248. The Morgan fingerprint density at radius 2 is 1.75 bits per heavy atom. The Hall–Kier alpha value is -2.27. The molecule has 3 heterocycles. The van der Waals surface area contributed by atoms with Crippen molar-refractivity contribution < 1.29 is 0 Å². The van der Waals surface area contributed by atoms with Gasteiger partial charge in [-0.05, 0) is 49.1 Å². The number of piperazine rings is 1. The Balaban J connectivity index is 1.20. The Morgan fingerprint density at radius 1 is 0.929 bits per heavy atom. The van der Waals surface area contributed by atoms with Crippen molar-refractivity contribution in [3.63, 3.8) is 0 Å². The summed E-state index contributed by atoms with van der Waals surface area (Å²) in [6, 6.07) is 6.90. The second-order valence-corrected chi connectivity index (χ2v) is 8.77. The first-order valence-corrected chi connectivity index (χ1v) is 10.9. The van der Waals surface area contributed by atoms with Gasteiger partial charge < -0.3 is 14.4 Å². The highest BCUT2D eigenvalue weighted by Crippen LogP contribution is 2.31. The number of hydrogen-bond acceptors (Lipinski definition) is 4. The van der Waals surface area contributed by atoms with Crippen LogP contribution in [0.25, 0.3) is 11.0 Å². The van der Waals surface area contributed by atoms with Crippen molar-refractivity contribution in [3.8, 4) is 0 Å². The van der Waals surface area contributed by atoms with E-state index in [1.165, 1.54) is 55.2 Å². The molecule has 146 valence electrons. The lowest BCUT2D eigenvalue weighted by Gasteiger charge is -2.36. The van der Waals surface area contributed by atoms with Gasteiger partial charge in [0.1, 0.15) is 5.82 Å². The van der Waals surface area contributed by atoms with Crippen LogP contribution in [0, 0.1) is 5.92 Å². The van der Waals surface area contributed by atoms with E-state index in [4.69, 9.17) is 4.98 Å². The number of benzene rings is 1. The summed E-state index contributed by atoms with van der Waals surface area (Å²) in [5, 5.41) is 0. The van der Waals surface area contributed by atoms with E-state index in [1.54, 1.807) is 0 Å². The molecule has 0 bridgehead atoms. The van der Waals surface area contributed by atoms with Gasteiger partial charge in [0.2, 0.25) is 0 Å². The third-order valence-electron chi connectivity index (χ3n) is 6.86. The average Bonchev–Trinajstić information content (AvgIpc) is 3.45. The van der Waals surface area contributed by atoms with Gasteiger partial charge in [-0.2, -0.15) is 0 Å². The molecule has 0 N–H and O–H groups in total. The van der Waals surface area contributed by atoms with Gasteiger partial charge in [0.05, 0.1) is 11.0 Å². The molecule has 2 fully saturated rings. The highest BCUT2D eigenvalue weighted by molar-refractivity contribution is 5.80. The number of allylic oxidation sites excluding steroid dienone is 3. The van der Waals surface area contributed by atoms with Crippen LogP contribution in [0.1, 0.15) is 18.7 Å². The SMILES string of the molecule is C1=CC(N2CCc3nc4ccc(N5CCN(CC6CC6)CC5)cc4n3CC2)=C1. The lowest BCUT2D eigenvalue weighted by Crippen LogP contribution is -2.47. The summed E-state index contributed by atoms with van der Waals surface area (Å²) in [5.74, 6) is 2.24. The molecule has 0 unspecified atom stereocenters. The number of nitrogens with zero attached hydrogens (tertiary/aromatic N) is 5. The van der Waals surface area contributed by atoms with Gasteiger partial charge in [-0.25, -0.2) is 4.98 Å². The highest BCUT2D eigenvalue weighted by atomic mass is 15.3.